The van der Waals surface area contributed by atoms with Gasteiger partial charge in [0.1, 0.15) is 0 Å². The Bertz CT molecular complexity index is 971. The highest BCUT2D eigenvalue weighted by Crippen LogP contribution is 2.14. The molecule has 2 aromatic carbocycles. The molecule has 0 fully saturated rings. The molecule has 2 aromatic rings. The summed E-state index contributed by atoms with van der Waals surface area (Å²) in [5.41, 5.74) is 3.44. The summed E-state index contributed by atoms with van der Waals surface area (Å²) in [6.07, 6.45) is 1.24. The lowest BCUT2D eigenvalue weighted by Crippen LogP contribution is -2.36. The zero-order chi connectivity index (χ0) is 20.0. The normalized spacial score (nSPS) is 11.7. The van der Waals surface area contributed by atoms with Crippen LogP contribution in [0.4, 0.5) is 5.69 Å². The van der Waals surface area contributed by atoms with Gasteiger partial charge in [-0.15, -0.1) is 0 Å². The van der Waals surface area contributed by atoms with Crippen molar-refractivity contribution in [3.8, 4) is 0 Å². The summed E-state index contributed by atoms with van der Waals surface area (Å²) in [4.78, 5) is 22.2. The molecule has 0 aliphatic carbocycles. The first-order chi connectivity index (χ1) is 12.7. The first-order valence-corrected chi connectivity index (χ1v) is 9.23. The number of rotatable bonds is 7. The molecule has 1 N–H and O–H groups in total. The average molecular weight is 390 g/mol. The van der Waals surface area contributed by atoms with E-state index in [0.29, 0.717) is 5.56 Å². The molecule has 0 bridgehead atoms. The third-order valence-corrected chi connectivity index (χ3v) is 5.40. The third-order valence-electron chi connectivity index (χ3n) is 3.58. The molecule has 0 radical (unpaired) electrons. The van der Waals surface area contributed by atoms with E-state index < -0.39 is 27.4 Å². The molecule has 0 aromatic heterocycles. The minimum atomic E-state index is -3.80. The fourth-order valence-corrected chi connectivity index (χ4v) is 3.24. The zero-order valence-corrected chi connectivity index (χ0v) is 15.5. The molecule has 1 amide bonds. The number of nitrogens with one attached hydrogen (secondary N) is 1. The largest absolute Gasteiger partial charge is 0.272 e. The maximum atomic E-state index is 12.4. The number of benzene rings is 2. The van der Waals surface area contributed by atoms with Crippen LogP contribution in [0, 0.1) is 17.0 Å². The molecular formula is C17H18N4O5S. The molecule has 27 heavy (non-hydrogen) atoms. The van der Waals surface area contributed by atoms with Crippen molar-refractivity contribution in [3.63, 3.8) is 0 Å². The molecular weight excluding hydrogens is 372 g/mol. The minimum Gasteiger partial charge on any atom is -0.272 e. The van der Waals surface area contributed by atoms with E-state index >= 15 is 0 Å². The maximum absolute atomic E-state index is 12.4. The van der Waals surface area contributed by atoms with Gasteiger partial charge in [0.05, 0.1) is 22.6 Å². The number of nitro benzene ring substituents is 1. The quantitative estimate of drug-likeness (QED) is 0.438. The lowest BCUT2D eigenvalue weighted by molar-refractivity contribution is -0.384. The van der Waals surface area contributed by atoms with Gasteiger partial charge in [0, 0.05) is 24.7 Å². The predicted octanol–water partition coefficient (Wildman–Crippen LogP) is 1.67. The van der Waals surface area contributed by atoms with Gasteiger partial charge in [-0.05, 0) is 19.1 Å². The van der Waals surface area contributed by atoms with E-state index in [-0.39, 0.29) is 10.6 Å². The summed E-state index contributed by atoms with van der Waals surface area (Å²) in [6, 6.07) is 12.0. The number of likely N-dealkylation sites (N-methyl/N-ethyl adjacent to an activating group) is 1. The Balaban J connectivity index is 1.97. The number of non-ortho nitro benzene ring substituents is 1. The number of hydrogen-bond acceptors (Lipinski definition) is 6. The monoisotopic (exact) mass is 390 g/mol. The highest BCUT2D eigenvalue weighted by Gasteiger charge is 2.22. The van der Waals surface area contributed by atoms with Crippen molar-refractivity contribution >= 4 is 27.8 Å². The SMILES string of the molecule is Cc1ccc(S(=O)(=O)N(C)CC(=O)N/N=C\c2cccc([N+](=O)[O-])c2)cc1. The molecule has 10 heteroatoms. The van der Waals surface area contributed by atoms with Gasteiger partial charge >= 0.3 is 0 Å². The lowest BCUT2D eigenvalue weighted by Gasteiger charge is -2.16. The Labute approximate surface area is 156 Å². The van der Waals surface area contributed by atoms with Crippen molar-refractivity contribution in [2.24, 2.45) is 5.10 Å². The van der Waals surface area contributed by atoms with E-state index in [0.717, 1.165) is 9.87 Å². The Kier molecular flexibility index (Phi) is 6.37. The number of carbonyl (C=O) groups excluding carboxylic acids is 1. The van der Waals surface area contributed by atoms with Crippen LogP contribution in [-0.2, 0) is 14.8 Å². The van der Waals surface area contributed by atoms with Crippen molar-refractivity contribution < 1.29 is 18.1 Å². The molecule has 0 saturated carbocycles. The maximum Gasteiger partial charge on any atom is 0.270 e. The van der Waals surface area contributed by atoms with Crippen LogP contribution in [0.1, 0.15) is 11.1 Å². The second-order valence-electron chi connectivity index (χ2n) is 5.72. The predicted molar refractivity (Wildman–Crippen MR) is 99.8 cm³/mol. The molecule has 0 saturated heterocycles. The molecule has 9 nitrogen and oxygen atoms in total. The molecule has 0 atom stereocenters. The van der Waals surface area contributed by atoms with Gasteiger partial charge < -0.3 is 0 Å². The van der Waals surface area contributed by atoms with Crippen LogP contribution in [0.3, 0.4) is 0 Å². The highest BCUT2D eigenvalue weighted by atomic mass is 32.2. The van der Waals surface area contributed by atoms with E-state index in [4.69, 9.17) is 0 Å². The summed E-state index contributed by atoms with van der Waals surface area (Å²) in [6.45, 7) is 1.41. The summed E-state index contributed by atoms with van der Waals surface area (Å²) in [5.74, 6) is -0.644. The molecule has 2 rings (SSSR count). The minimum absolute atomic E-state index is 0.0866. The van der Waals surface area contributed by atoms with Crippen molar-refractivity contribution in [1.29, 1.82) is 0 Å². The topological polar surface area (TPSA) is 122 Å². The number of nitro groups is 1. The summed E-state index contributed by atoms with van der Waals surface area (Å²) < 4.78 is 25.8. The van der Waals surface area contributed by atoms with Crippen LogP contribution >= 0.6 is 0 Å². The van der Waals surface area contributed by atoms with Gasteiger partial charge in [0.15, 0.2) is 0 Å². The van der Waals surface area contributed by atoms with Gasteiger partial charge in [0.25, 0.3) is 11.6 Å². The van der Waals surface area contributed by atoms with Crippen molar-refractivity contribution in [1.82, 2.24) is 9.73 Å². The fourth-order valence-electron chi connectivity index (χ4n) is 2.11. The summed E-state index contributed by atoms with van der Waals surface area (Å²) in [7, 11) is -2.51. The lowest BCUT2D eigenvalue weighted by atomic mass is 10.2. The van der Waals surface area contributed by atoms with E-state index in [1.807, 2.05) is 6.92 Å². The van der Waals surface area contributed by atoms with Crippen LogP contribution in [0.25, 0.3) is 0 Å². The summed E-state index contributed by atoms with van der Waals surface area (Å²) >= 11 is 0. The smallest absolute Gasteiger partial charge is 0.270 e. The fraction of sp³-hybridized carbons (Fsp3) is 0.176. The van der Waals surface area contributed by atoms with Crippen LogP contribution in [0.5, 0.6) is 0 Å². The zero-order valence-electron chi connectivity index (χ0n) is 14.7. The van der Waals surface area contributed by atoms with Gasteiger partial charge in [-0.2, -0.15) is 9.41 Å². The van der Waals surface area contributed by atoms with Crippen molar-refractivity contribution in [2.45, 2.75) is 11.8 Å². The number of carbonyl (C=O) groups is 1. The van der Waals surface area contributed by atoms with E-state index in [9.17, 15) is 23.3 Å². The first kappa shape index (κ1) is 20.2. The number of hydrogen-bond donors (Lipinski definition) is 1. The van der Waals surface area contributed by atoms with E-state index in [1.165, 1.54) is 43.6 Å². The third kappa shape index (κ3) is 5.43. The van der Waals surface area contributed by atoms with Crippen LogP contribution in [-0.4, -0.2) is 43.4 Å². The molecule has 0 unspecified atom stereocenters. The Morgan fingerprint density at radius 3 is 2.56 bits per heavy atom. The molecule has 0 spiro atoms. The van der Waals surface area contributed by atoms with Crippen LogP contribution in [0.15, 0.2) is 58.5 Å². The first-order valence-electron chi connectivity index (χ1n) is 7.79. The number of hydrazone groups is 1. The number of aryl methyl sites for hydroxylation is 1. The molecule has 142 valence electrons. The van der Waals surface area contributed by atoms with Crippen molar-refractivity contribution in [3.05, 3.63) is 69.8 Å². The van der Waals surface area contributed by atoms with Gasteiger partial charge in [-0.3, -0.25) is 14.9 Å². The Hall–Kier alpha value is -3.11. The van der Waals surface area contributed by atoms with Crippen LogP contribution in [0.2, 0.25) is 0 Å². The second-order valence-corrected chi connectivity index (χ2v) is 7.76. The Morgan fingerprint density at radius 2 is 1.93 bits per heavy atom. The van der Waals surface area contributed by atoms with Crippen LogP contribution < -0.4 is 5.43 Å². The Morgan fingerprint density at radius 1 is 1.26 bits per heavy atom. The number of amides is 1. The van der Waals surface area contributed by atoms with E-state index in [2.05, 4.69) is 10.5 Å². The van der Waals surface area contributed by atoms with Gasteiger partial charge in [0.2, 0.25) is 10.0 Å². The number of sulfonamides is 1. The van der Waals surface area contributed by atoms with E-state index in [1.54, 1.807) is 18.2 Å². The second kappa shape index (κ2) is 8.52. The number of nitrogens with zero attached hydrogens (tertiary/aromatic N) is 3. The molecule has 0 heterocycles. The standard InChI is InChI=1S/C17H18N4O5S/c1-13-6-8-16(9-7-13)27(25,26)20(2)12-17(22)19-18-11-14-4-3-5-15(10-14)21(23)24/h3-11H,12H2,1-2H3,(H,19,22)/b18-11-. The average Bonchev–Trinajstić information content (AvgIpc) is 2.62. The van der Waals surface area contributed by atoms with Gasteiger partial charge in [-0.1, -0.05) is 29.8 Å². The summed E-state index contributed by atoms with van der Waals surface area (Å²) in [5, 5.41) is 14.4. The van der Waals surface area contributed by atoms with Gasteiger partial charge in [-0.25, -0.2) is 13.8 Å². The molecule has 0 aliphatic rings. The highest BCUT2D eigenvalue weighted by molar-refractivity contribution is 7.89. The molecule has 0 aliphatic heterocycles. The van der Waals surface area contributed by atoms with Crippen molar-refractivity contribution in [2.75, 3.05) is 13.6 Å².